The minimum Gasteiger partial charge on any atom is -0.354 e. The molecule has 0 bridgehead atoms. The number of pyridine rings is 1. The van der Waals surface area contributed by atoms with Crippen LogP contribution in [0.1, 0.15) is 25.1 Å². The molecule has 4 atom stereocenters. The Morgan fingerprint density at radius 2 is 2.03 bits per heavy atom. The van der Waals surface area contributed by atoms with Crippen molar-refractivity contribution in [3.63, 3.8) is 0 Å². The number of benzene rings is 1. The predicted octanol–water partition coefficient (Wildman–Crippen LogP) is 2.77. The van der Waals surface area contributed by atoms with Crippen molar-refractivity contribution >= 4 is 16.8 Å². The van der Waals surface area contributed by atoms with Crippen LogP contribution in [0.15, 0.2) is 48.8 Å². The number of hydrogen-bond acceptors (Lipinski definition) is 4. The van der Waals surface area contributed by atoms with Crippen LogP contribution in [0.4, 0.5) is 0 Å². The van der Waals surface area contributed by atoms with Crippen LogP contribution in [0.3, 0.4) is 0 Å². The number of rotatable bonds is 7. The highest BCUT2D eigenvalue weighted by molar-refractivity contribution is 5.85. The van der Waals surface area contributed by atoms with Crippen molar-refractivity contribution in [1.29, 1.82) is 0 Å². The summed E-state index contributed by atoms with van der Waals surface area (Å²) < 4.78 is 0. The van der Waals surface area contributed by atoms with E-state index in [1.54, 1.807) is 0 Å². The molecule has 1 saturated carbocycles. The number of amides is 1. The summed E-state index contributed by atoms with van der Waals surface area (Å²) in [6.07, 6.45) is 4.40. The second-order valence-corrected chi connectivity index (χ2v) is 8.61. The fraction of sp³-hybridized carbons (Fsp3) is 0.435. The average molecular weight is 392 g/mol. The van der Waals surface area contributed by atoms with Crippen LogP contribution < -0.4 is 5.32 Å². The molecule has 2 N–H and O–H groups in total. The van der Waals surface area contributed by atoms with E-state index < -0.39 is 0 Å². The van der Waals surface area contributed by atoms with Crippen molar-refractivity contribution < 1.29 is 4.79 Å². The summed E-state index contributed by atoms with van der Waals surface area (Å²) in [5.74, 6) is 0.509. The van der Waals surface area contributed by atoms with Crippen LogP contribution in [-0.4, -0.2) is 52.7 Å². The van der Waals surface area contributed by atoms with E-state index in [1.165, 1.54) is 5.56 Å². The zero-order chi connectivity index (χ0) is 20.6. The largest absolute Gasteiger partial charge is 0.354 e. The first-order valence-electron chi connectivity index (χ1n) is 10.2. The molecule has 2 heterocycles. The van der Waals surface area contributed by atoms with Crippen LogP contribution in [-0.2, 0) is 16.6 Å². The summed E-state index contributed by atoms with van der Waals surface area (Å²) >= 11 is 0. The van der Waals surface area contributed by atoms with Gasteiger partial charge in [0.25, 0.3) is 0 Å². The highest BCUT2D eigenvalue weighted by atomic mass is 16.2. The molecular formula is C23H29N5O. The first-order valence-corrected chi connectivity index (χ1v) is 10.2. The van der Waals surface area contributed by atoms with E-state index in [9.17, 15) is 4.79 Å². The Morgan fingerprint density at radius 3 is 2.76 bits per heavy atom. The third-order valence-electron chi connectivity index (χ3n) is 6.73. The summed E-state index contributed by atoms with van der Waals surface area (Å²) in [7, 11) is 4.09. The van der Waals surface area contributed by atoms with E-state index in [2.05, 4.69) is 57.4 Å². The zero-order valence-electron chi connectivity index (χ0n) is 17.5. The smallest absolute Gasteiger partial charge is 0.224 e. The Kier molecular flexibility index (Phi) is 5.13. The fourth-order valence-electron chi connectivity index (χ4n) is 4.47. The molecule has 0 saturated heterocycles. The number of aromatic amines is 1. The molecule has 6 nitrogen and oxygen atoms in total. The maximum Gasteiger partial charge on any atom is 0.224 e. The molecule has 6 heteroatoms. The first-order chi connectivity index (χ1) is 13.9. The number of carbonyl (C=O) groups excluding carboxylic acids is 1. The summed E-state index contributed by atoms with van der Waals surface area (Å²) in [6.45, 7) is 4.97. The number of nitrogens with zero attached hydrogens (tertiary/aromatic N) is 3. The summed E-state index contributed by atoms with van der Waals surface area (Å²) in [5.41, 5.74) is 3.11. The lowest BCUT2D eigenvalue weighted by molar-refractivity contribution is -0.123. The molecule has 1 amide bonds. The topological polar surface area (TPSA) is 73.9 Å². The lowest BCUT2D eigenvalue weighted by Crippen LogP contribution is -2.42. The molecule has 1 aromatic carbocycles. The summed E-state index contributed by atoms with van der Waals surface area (Å²) in [6, 6.07) is 12.6. The fourth-order valence-corrected chi connectivity index (χ4v) is 4.47. The van der Waals surface area contributed by atoms with Crippen LogP contribution >= 0.6 is 0 Å². The molecule has 1 aliphatic carbocycles. The van der Waals surface area contributed by atoms with Crippen LogP contribution in [0.25, 0.3) is 10.9 Å². The van der Waals surface area contributed by atoms with E-state index in [0.717, 1.165) is 23.0 Å². The Morgan fingerprint density at radius 1 is 1.28 bits per heavy atom. The van der Waals surface area contributed by atoms with Crippen LogP contribution in [0.2, 0.25) is 0 Å². The molecule has 1 aliphatic rings. The number of hydrogen-bond donors (Lipinski definition) is 2. The van der Waals surface area contributed by atoms with Gasteiger partial charge in [0.2, 0.25) is 5.91 Å². The van der Waals surface area contributed by atoms with Gasteiger partial charge in [-0.15, -0.1) is 0 Å². The molecule has 4 rings (SSSR count). The number of H-pyrrole nitrogens is 1. The second-order valence-electron chi connectivity index (χ2n) is 8.61. The van der Waals surface area contributed by atoms with Gasteiger partial charge in [0.1, 0.15) is 0 Å². The number of nitrogens with one attached hydrogen (secondary N) is 2. The van der Waals surface area contributed by atoms with Crippen molar-refractivity contribution in [2.75, 3.05) is 20.6 Å². The van der Waals surface area contributed by atoms with Gasteiger partial charge in [-0.05, 0) is 31.6 Å². The van der Waals surface area contributed by atoms with E-state index in [-0.39, 0.29) is 23.3 Å². The van der Waals surface area contributed by atoms with Gasteiger partial charge in [-0.25, -0.2) is 0 Å². The highest BCUT2D eigenvalue weighted by Gasteiger charge is 2.62. The SMILES string of the molecule is C[C@H]1[C@@H](C(=O)NC[C@H](Cc2cc3cn[nH]c3cn2)N(C)C)[C@]1(C)c1ccccc1. The molecule has 0 unspecified atom stereocenters. The molecule has 1 fully saturated rings. The van der Waals surface area contributed by atoms with Gasteiger partial charge in [0, 0.05) is 35.5 Å². The molecule has 152 valence electrons. The Balaban J connectivity index is 1.40. The number of aromatic nitrogens is 3. The standard InChI is InChI=1S/C23H29N5O/c1-15-21(23(15,2)17-8-6-5-7-9-17)22(29)25-13-19(28(3)4)11-18-10-16-12-26-27-20(16)14-24-18/h5-10,12,14-15,19,21H,11,13H2,1-4H3,(H,25,29)(H,26,27)/t15-,19-,21-,23-/m0/s1. The highest BCUT2D eigenvalue weighted by Crippen LogP contribution is 2.59. The molecule has 0 aliphatic heterocycles. The minimum absolute atomic E-state index is 0.0214. The predicted molar refractivity (Wildman–Crippen MR) is 115 cm³/mol. The van der Waals surface area contributed by atoms with Crippen LogP contribution in [0, 0.1) is 11.8 Å². The molecular weight excluding hydrogens is 362 g/mol. The monoisotopic (exact) mass is 391 g/mol. The molecule has 3 aromatic rings. The van der Waals surface area contributed by atoms with Gasteiger partial charge in [-0.1, -0.05) is 44.2 Å². The molecule has 0 spiro atoms. The Hall–Kier alpha value is -2.73. The maximum absolute atomic E-state index is 13.0. The quantitative estimate of drug-likeness (QED) is 0.650. The average Bonchev–Trinajstić information content (AvgIpc) is 3.05. The molecule has 2 aromatic heterocycles. The van der Waals surface area contributed by atoms with Crippen molar-refractivity contribution in [3.05, 3.63) is 60.0 Å². The lowest BCUT2D eigenvalue weighted by Gasteiger charge is -2.24. The second kappa shape index (κ2) is 7.59. The van der Waals surface area contributed by atoms with Gasteiger partial charge in [-0.3, -0.25) is 14.9 Å². The van der Waals surface area contributed by atoms with E-state index in [4.69, 9.17) is 0 Å². The molecule has 29 heavy (non-hydrogen) atoms. The van der Waals surface area contributed by atoms with Crippen molar-refractivity contribution in [2.24, 2.45) is 11.8 Å². The maximum atomic E-state index is 13.0. The van der Waals surface area contributed by atoms with Crippen molar-refractivity contribution in [2.45, 2.75) is 31.7 Å². The van der Waals surface area contributed by atoms with Gasteiger partial charge >= 0.3 is 0 Å². The van der Waals surface area contributed by atoms with Crippen LogP contribution in [0.5, 0.6) is 0 Å². The minimum atomic E-state index is -0.0766. The van der Waals surface area contributed by atoms with Crippen molar-refractivity contribution in [1.82, 2.24) is 25.4 Å². The zero-order valence-corrected chi connectivity index (χ0v) is 17.5. The third-order valence-corrected chi connectivity index (χ3v) is 6.73. The van der Waals surface area contributed by atoms with E-state index >= 15 is 0 Å². The van der Waals surface area contributed by atoms with E-state index in [1.807, 2.05) is 44.7 Å². The molecule has 0 radical (unpaired) electrons. The number of likely N-dealkylation sites (N-methyl/N-ethyl adjacent to an activating group) is 1. The summed E-state index contributed by atoms with van der Waals surface area (Å²) in [5, 5.41) is 11.2. The number of fused-ring (bicyclic) bond motifs is 1. The van der Waals surface area contributed by atoms with Gasteiger partial charge in [0.15, 0.2) is 0 Å². The summed E-state index contributed by atoms with van der Waals surface area (Å²) in [4.78, 5) is 19.7. The third kappa shape index (κ3) is 3.65. The van der Waals surface area contributed by atoms with Gasteiger partial charge < -0.3 is 10.2 Å². The normalized spacial score (nSPS) is 24.6. The van der Waals surface area contributed by atoms with Gasteiger partial charge in [0.05, 0.1) is 23.8 Å². The lowest BCUT2D eigenvalue weighted by atomic mass is 9.94. The van der Waals surface area contributed by atoms with E-state index in [0.29, 0.717) is 12.5 Å². The van der Waals surface area contributed by atoms with Gasteiger partial charge in [-0.2, -0.15) is 5.10 Å². The van der Waals surface area contributed by atoms with Crippen molar-refractivity contribution in [3.8, 4) is 0 Å². The first kappa shape index (κ1) is 19.6. The Labute approximate surface area is 171 Å². The Bertz CT molecular complexity index is 999. The number of carbonyl (C=O) groups is 1.